The Balaban J connectivity index is 2.12. The lowest BCUT2D eigenvalue weighted by molar-refractivity contribution is 0.187. The smallest absolute Gasteiger partial charge is 0.174 e. The standard InChI is InChI=1S/C16H25BrN2O2/c1-4-21-15-9-12(8-14(17)16(15)20-3)10-19-7-5-6-13(11-19)18-2/h8-9,13,18H,4-7,10-11H2,1-3H3. The van der Waals surface area contributed by atoms with E-state index in [0.29, 0.717) is 12.6 Å². The number of hydrogen-bond acceptors (Lipinski definition) is 4. The van der Waals surface area contributed by atoms with Gasteiger partial charge in [-0.1, -0.05) is 0 Å². The van der Waals surface area contributed by atoms with Crippen molar-refractivity contribution >= 4 is 15.9 Å². The van der Waals surface area contributed by atoms with Crippen molar-refractivity contribution in [3.63, 3.8) is 0 Å². The van der Waals surface area contributed by atoms with E-state index in [1.54, 1.807) is 7.11 Å². The summed E-state index contributed by atoms with van der Waals surface area (Å²) in [5.74, 6) is 1.58. The molecule has 0 amide bonds. The molecule has 21 heavy (non-hydrogen) atoms. The number of piperidine rings is 1. The van der Waals surface area contributed by atoms with Gasteiger partial charge in [0.05, 0.1) is 18.2 Å². The molecule has 2 rings (SSSR count). The summed E-state index contributed by atoms with van der Waals surface area (Å²) in [6, 6.07) is 4.83. The van der Waals surface area contributed by atoms with Crippen LogP contribution in [0.1, 0.15) is 25.3 Å². The van der Waals surface area contributed by atoms with Crippen molar-refractivity contribution in [2.24, 2.45) is 0 Å². The Morgan fingerprint density at radius 3 is 2.90 bits per heavy atom. The minimum atomic E-state index is 0.604. The second-order valence-electron chi connectivity index (χ2n) is 5.40. The fraction of sp³-hybridized carbons (Fsp3) is 0.625. The number of likely N-dealkylation sites (N-methyl/N-ethyl adjacent to an activating group) is 1. The normalized spacial score (nSPS) is 19.5. The lowest BCUT2D eigenvalue weighted by Gasteiger charge is -2.32. The highest BCUT2D eigenvalue weighted by Gasteiger charge is 2.19. The summed E-state index contributed by atoms with van der Waals surface area (Å²) >= 11 is 3.58. The Morgan fingerprint density at radius 2 is 2.24 bits per heavy atom. The summed E-state index contributed by atoms with van der Waals surface area (Å²) in [5, 5.41) is 3.39. The molecule has 0 aliphatic carbocycles. The topological polar surface area (TPSA) is 33.7 Å². The van der Waals surface area contributed by atoms with Gasteiger partial charge in [0.15, 0.2) is 11.5 Å². The van der Waals surface area contributed by atoms with Gasteiger partial charge in [-0.05, 0) is 67.0 Å². The Labute approximate surface area is 135 Å². The number of rotatable bonds is 6. The number of methoxy groups -OCH3 is 1. The van der Waals surface area contributed by atoms with E-state index in [9.17, 15) is 0 Å². The summed E-state index contributed by atoms with van der Waals surface area (Å²) in [4.78, 5) is 2.49. The summed E-state index contributed by atoms with van der Waals surface area (Å²) < 4.78 is 12.1. The van der Waals surface area contributed by atoms with Crippen LogP contribution in [0.3, 0.4) is 0 Å². The van der Waals surface area contributed by atoms with Crippen molar-refractivity contribution in [2.75, 3.05) is 33.9 Å². The molecular formula is C16H25BrN2O2. The molecule has 0 spiro atoms. The minimum Gasteiger partial charge on any atom is -0.492 e. The zero-order valence-electron chi connectivity index (χ0n) is 13.1. The Morgan fingerprint density at radius 1 is 1.43 bits per heavy atom. The lowest BCUT2D eigenvalue weighted by Crippen LogP contribution is -2.43. The van der Waals surface area contributed by atoms with Crippen molar-refractivity contribution in [3.05, 3.63) is 22.2 Å². The van der Waals surface area contributed by atoms with Gasteiger partial charge in [-0.15, -0.1) is 0 Å². The minimum absolute atomic E-state index is 0.604. The zero-order valence-corrected chi connectivity index (χ0v) is 14.7. The van der Waals surface area contributed by atoms with E-state index in [4.69, 9.17) is 9.47 Å². The number of nitrogens with one attached hydrogen (secondary N) is 1. The SMILES string of the molecule is CCOc1cc(CN2CCCC(NC)C2)cc(Br)c1OC. The molecule has 118 valence electrons. The predicted molar refractivity (Wildman–Crippen MR) is 89.2 cm³/mol. The lowest BCUT2D eigenvalue weighted by atomic mass is 10.0. The maximum atomic E-state index is 5.69. The Hall–Kier alpha value is -0.780. The average molecular weight is 357 g/mol. The second-order valence-corrected chi connectivity index (χ2v) is 6.26. The van der Waals surface area contributed by atoms with Crippen molar-refractivity contribution in [3.8, 4) is 11.5 Å². The molecule has 1 aromatic rings. The molecular weight excluding hydrogens is 332 g/mol. The van der Waals surface area contributed by atoms with E-state index in [1.807, 2.05) is 14.0 Å². The first-order valence-electron chi connectivity index (χ1n) is 7.56. The van der Waals surface area contributed by atoms with E-state index in [-0.39, 0.29) is 0 Å². The molecule has 0 aromatic heterocycles. The largest absolute Gasteiger partial charge is 0.492 e. The number of halogens is 1. The van der Waals surface area contributed by atoms with Gasteiger partial charge in [-0.25, -0.2) is 0 Å². The summed E-state index contributed by atoms with van der Waals surface area (Å²) in [7, 11) is 3.72. The molecule has 1 aliphatic heterocycles. The fourth-order valence-electron chi connectivity index (χ4n) is 2.87. The van der Waals surface area contributed by atoms with Crippen LogP contribution in [-0.4, -0.2) is 44.8 Å². The molecule has 1 unspecified atom stereocenters. The van der Waals surface area contributed by atoms with Crippen molar-refractivity contribution in [1.82, 2.24) is 10.2 Å². The first-order valence-corrected chi connectivity index (χ1v) is 8.36. The third-order valence-electron chi connectivity index (χ3n) is 3.89. The van der Waals surface area contributed by atoms with Crippen LogP contribution in [0.5, 0.6) is 11.5 Å². The van der Waals surface area contributed by atoms with Gasteiger partial charge in [0.1, 0.15) is 0 Å². The first kappa shape index (κ1) is 16.6. The molecule has 1 N–H and O–H groups in total. The van der Waals surface area contributed by atoms with Gasteiger partial charge < -0.3 is 14.8 Å². The fourth-order valence-corrected chi connectivity index (χ4v) is 3.52. The van der Waals surface area contributed by atoms with Gasteiger partial charge >= 0.3 is 0 Å². The molecule has 4 nitrogen and oxygen atoms in total. The predicted octanol–water partition coefficient (Wildman–Crippen LogP) is 3.04. The van der Waals surface area contributed by atoms with Gasteiger partial charge in [-0.2, -0.15) is 0 Å². The molecule has 1 aromatic carbocycles. The Bertz CT molecular complexity index is 468. The highest BCUT2D eigenvalue weighted by Crippen LogP contribution is 2.37. The van der Waals surface area contributed by atoms with Crippen LogP contribution in [-0.2, 0) is 6.54 Å². The van der Waals surface area contributed by atoms with Gasteiger partial charge in [0.2, 0.25) is 0 Å². The molecule has 0 saturated carbocycles. The number of hydrogen-bond donors (Lipinski definition) is 1. The third kappa shape index (κ3) is 4.34. The molecule has 0 bridgehead atoms. The van der Waals surface area contributed by atoms with E-state index < -0.39 is 0 Å². The van der Waals surface area contributed by atoms with Crippen LogP contribution in [0.25, 0.3) is 0 Å². The van der Waals surface area contributed by atoms with Crippen LogP contribution in [0.4, 0.5) is 0 Å². The molecule has 1 fully saturated rings. The van der Waals surface area contributed by atoms with Gasteiger partial charge in [0.25, 0.3) is 0 Å². The van der Waals surface area contributed by atoms with E-state index in [2.05, 4.69) is 38.3 Å². The zero-order chi connectivity index (χ0) is 15.2. The summed E-state index contributed by atoms with van der Waals surface area (Å²) in [6.07, 6.45) is 2.52. The van der Waals surface area contributed by atoms with Crippen molar-refractivity contribution < 1.29 is 9.47 Å². The maximum Gasteiger partial charge on any atom is 0.174 e. The molecule has 5 heteroatoms. The van der Waals surface area contributed by atoms with Crippen molar-refractivity contribution in [1.29, 1.82) is 0 Å². The summed E-state index contributed by atoms with van der Waals surface area (Å²) in [6.45, 7) is 5.83. The molecule has 1 atom stereocenters. The van der Waals surface area contributed by atoms with Crippen LogP contribution >= 0.6 is 15.9 Å². The van der Waals surface area contributed by atoms with Crippen LogP contribution in [0.2, 0.25) is 0 Å². The Kier molecular flexibility index (Phi) is 6.33. The van der Waals surface area contributed by atoms with E-state index in [1.165, 1.54) is 18.4 Å². The van der Waals surface area contributed by atoms with Gasteiger partial charge in [0, 0.05) is 19.1 Å². The van der Waals surface area contributed by atoms with E-state index in [0.717, 1.165) is 35.6 Å². The van der Waals surface area contributed by atoms with Crippen molar-refractivity contribution in [2.45, 2.75) is 32.4 Å². The monoisotopic (exact) mass is 356 g/mol. The second kappa shape index (κ2) is 8.01. The van der Waals surface area contributed by atoms with Gasteiger partial charge in [-0.3, -0.25) is 4.90 Å². The summed E-state index contributed by atoms with van der Waals surface area (Å²) in [5.41, 5.74) is 1.25. The molecule has 0 radical (unpaired) electrons. The van der Waals surface area contributed by atoms with Crippen LogP contribution < -0.4 is 14.8 Å². The van der Waals surface area contributed by atoms with Crippen LogP contribution in [0.15, 0.2) is 16.6 Å². The maximum absolute atomic E-state index is 5.69. The number of ether oxygens (including phenoxy) is 2. The molecule has 1 saturated heterocycles. The average Bonchev–Trinajstić information content (AvgIpc) is 2.47. The third-order valence-corrected chi connectivity index (χ3v) is 4.48. The molecule has 1 aliphatic rings. The highest BCUT2D eigenvalue weighted by molar-refractivity contribution is 9.10. The quantitative estimate of drug-likeness (QED) is 0.849. The first-order chi connectivity index (χ1) is 10.2. The number of nitrogens with zero attached hydrogens (tertiary/aromatic N) is 1. The highest BCUT2D eigenvalue weighted by atomic mass is 79.9. The van der Waals surface area contributed by atoms with E-state index >= 15 is 0 Å². The molecule has 1 heterocycles. The number of likely N-dealkylation sites (tertiary alicyclic amines) is 1. The number of benzene rings is 1. The van der Waals surface area contributed by atoms with Crippen LogP contribution in [0, 0.1) is 0 Å².